The van der Waals surface area contributed by atoms with E-state index in [4.69, 9.17) is 4.74 Å². The minimum atomic E-state index is -0.949. The standard InChI is InChI=1S/C13H20N2O3S/c1-8-6-18-9(2)5-15(8)12-14-10(7-19-12)13(3,4)11(16)17/h7-9H,5-6H2,1-4H3,(H,16,17). The molecule has 2 unspecified atom stereocenters. The molecule has 0 bridgehead atoms. The van der Waals surface area contributed by atoms with Crippen LogP contribution in [0.25, 0.3) is 0 Å². The van der Waals surface area contributed by atoms with Gasteiger partial charge in [0, 0.05) is 11.9 Å². The van der Waals surface area contributed by atoms with Crippen molar-refractivity contribution >= 4 is 22.4 Å². The lowest BCUT2D eigenvalue weighted by atomic mass is 9.90. The fraction of sp³-hybridized carbons (Fsp3) is 0.692. The third kappa shape index (κ3) is 2.74. The second-order valence-electron chi connectivity index (χ2n) is 5.59. The predicted octanol–water partition coefficient (Wildman–Crippen LogP) is 2.12. The molecule has 19 heavy (non-hydrogen) atoms. The molecule has 0 aliphatic carbocycles. The number of hydrogen-bond donors (Lipinski definition) is 1. The zero-order valence-electron chi connectivity index (χ0n) is 11.7. The highest BCUT2D eigenvalue weighted by atomic mass is 32.1. The number of aliphatic carboxylic acids is 1. The Bertz CT molecular complexity index is 472. The van der Waals surface area contributed by atoms with E-state index in [1.54, 1.807) is 13.8 Å². The number of anilines is 1. The second-order valence-corrected chi connectivity index (χ2v) is 6.43. The van der Waals surface area contributed by atoms with Gasteiger partial charge in [0.1, 0.15) is 5.41 Å². The number of morpholine rings is 1. The van der Waals surface area contributed by atoms with Gasteiger partial charge in [-0.3, -0.25) is 4.79 Å². The average molecular weight is 284 g/mol. The molecule has 2 rings (SSSR count). The summed E-state index contributed by atoms with van der Waals surface area (Å²) in [7, 11) is 0. The highest BCUT2D eigenvalue weighted by Gasteiger charge is 2.33. The fourth-order valence-corrected chi connectivity index (χ4v) is 3.07. The van der Waals surface area contributed by atoms with Crippen LogP contribution in [0.1, 0.15) is 33.4 Å². The molecule has 0 spiro atoms. The molecular formula is C13H20N2O3S. The van der Waals surface area contributed by atoms with Crippen molar-refractivity contribution in [1.29, 1.82) is 0 Å². The number of carboxylic acids is 1. The van der Waals surface area contributed by atoms with Crippen LogP contribution in [0.3, 0.4) is 0 Å². The van der Waals surface area contributed by atoms with Gasteiger partial charge < -0.3 is 14.7 Å². The maximum absolute atomic E-state index is 11.3. The van der Waals surface area contributed by atoms with Crippen LogP contribution >= 0.6 is 11.3 Å². The Balaban J connectivity index is 2.23. The summed E-state index contributed by atoms with van der Waals surface area (Å²) in [5.41, 5.74) is -0.332. The minimum absolute atomic E-state index is 0.177. The lowest BCUT2D eigenvalue weighted by Crippen LogP contribution is -2.47. The Kier molecular flexibility index (Phi) is 3.82. The van der Waals surface area contributed by atoms with Gasteiger partial charge in [0.2, 0.25) is 0 Å². The van der Waals surface area contributed by atoms with Crippen molar-refractivity contribution in [2.75, 3.05) is 18.1 Å². The minimum Gasteiger partial charge on any atom is -0.481 e. The maximum atomic E-state index is 11.3. The first kappa shape index (κ1) is 14.3. The Labute approximate surface area is 117 Å². The molecule has 2 heterocycles. The maximum Gasteiger partial charge on any atom is 0.315 e. The highest BCUT2D eigenvalue weighted by Crippen LogP contribution is 2.31. The third-order valence-electron chi connectivity index (χ3n) is 3.52. The topological polar surface area (TPSA) is 62.7 Å². The molecule has 1 aromatic heterocycles. The van der Waals surface area contributed by atoms with E-state index in [1.165, 1.54) is 11.3 Å². The molecule has 1 saturated heterocycles. The molecule has 0 radical (unpaired) electrons. The van der Waals surface area contributed by atoms with Gasteiger partial charge >= 0.3 is 5.97 Å². The van der Waals surface area contributed by atoms with Gasteiger partial charge in [0.05, 0.1) is 24.4 Å². The van der Waals surface area contributed by atoms with Crippen molar-refractivity contribution in [3.8, 4) is 0 Å². The van der Waals surface area contributed by atoms with E-state index >= 15 is 0 Å². The first-order valence-electron chi connectivity index (χ1n) is 6.40. The van der Waals surface area contributed by atoms with Crippen molar-refractivity contribution in [2.24, 2.45) is 0 Å². The molecular weight excluding hydrogens is 264 g/mol. The monoisotopic (exact) mass is 284 g/mol. The Morgan fingerprint density at radius 1 is 1.58 bits per heavy atom. The van der Waals surface area contributed by atoms with Gasteiger partial charge in [-0.15, -0.1) is 11.3 Å². The summed E-state index contributed by atoms with van der Waals surface area (Å²) < 4.78 is 5.60. The van der Waals surface area contributed by atoms with Gasteiger partial charge in [-0.25, -0.2) is 4.98 Å². The van der Waals surface area contributed by atoms with Crippen LogP contribution < -0.4 is 4.90 Å². The van der Waals surface area contributed by atoms with E-state index in [1.807, 2.05) is 12.3 Å². The van der Waals surface area contributed by atoms with Crippen LogP contribution in [-0.2, 0) is 14.9 Å². The van der Waals surface area contributed by atoms with Crippen LogP contribution in [0.4, 0.5) is 5.13 Å². The van der Waals surface area contributed by atoms with Crippen LogP contribution in [0, 0.1) is 0 Å². The lowest BCUT2D eigenvalue weighted by Gasteiger charge is -2.36. The largest absolute Gasteiger partial charge is 0.481 e. The Hall–Kier alpha value is -1.14. The molecule has 6 heteroatoms. The van der Waals surface area contributed by atoms with E-state index in [0.717, 1.165) is 11.7 Å². The summed E-state index contributed by atoms with van der Waals surface area (Å²) in [6.07, 6.45) is 0.177. The fourth-order valence-electron chi connectivity index (χ4n) is 1.96. The SMILES string of the molecule is CC1CN(c2nc(C(C)(C)C(=O)O)cs2)C(C)CO1. The van der Waals surface area contributed by atoms with E-state index in [0.29, 0.717) is 12.3 Å². The zero-order valence-corrected chi connectivity index (χ0v) is 12.5. The van der Waals surface area contributed by atoms with Crippen LogP contribution in [0.5, 0.6) is 0 Å². The number of carboxylic acid groups (broad SMARTS) is 1. The highest BCUT2D eigenvalue weighted by molar-refractivity contribution is 7.13. The summed E-state index contributed by atoms with van der Waals surface area (Å²) in [4.78, 5) is 18.0. The van der Waals surface area contributed by atoms with E-state index in [-0.39, 0.29) is 12.1 Å². The molecule has 1 fully saturated rings. The molecule has 1 aliphatic rings. The van der Waals surface area contributed by atoms with Crippen LogP contribution in [0.2, 0.25) is 0 Å². The third-order valence-corrected chi connectivity index (χ3v) is 4.40. The number of rotatable bonds is 3. The second kappa shape index (κ2) is 5.09. The Morgan fingerprint density at radius 2 is 2.26 bits per heavy atom. The lowest BCUT2D eigenvalue weighted by molar-refractivity contribution is -0.142. The number of hydrogen-bond acceptors (Lipinski definition) is 5. The van der Waals surface area contributed by atoms with E-state index in [9.17, 15) is 9.90 Å². The van der Waals surface area contributed by atoms with Crippen molar-refractivity contribution in [2.45, 2.75) is 45.3 Å². The summed E-state index contributed by atoms with van der Waals surface area (Å²) in [6, 6.07) is 0.267. The molecule has 0 saturated carbocycles. The van der Waals surface area contributed by atoms with Gasteiger partial charge in [-0.2, -0.15) is 0 Å². The van der Waals surface area contributed by atoms with Crippen molar-refractivity contribution < 1.29 is 14.6 Å². The first-order valence-corrected chi connectivity index (χ1v) is 7.28. The molecule has 106 valence electrons. The summed E-state index contributed by atoms with van der Waals surface area (Å²) in [5, 5.41) is 12.0. The average Bonchev–Trinajstić information content (AvgIpc) is 2.82. The number of ether oxygens (including phenoxy) is 1. The smallest absolute Gasteiger partial charge is 0.315 e. The van der Waals surface area contributed by atoms with Crippen LogP contribution in [0.15, 0.2) is 5.38 Å². The molecule has 0 amide bonds. The van der Waals surface area contributed by atoms with Crippen molar-refractivity contribution in [1.82, 2.24) is 4.98 Å². The molecule has 5 nitrogen and oxygen atoms in total. The Morgan fingerprint density at radius 3 is 2.89 bits per heavy atom. The summed E-state index contributed by atoms with van der Waals surface area (Å²) in [5.74, 6) is -0.854. The van der Waals surface area contributed by atoms with Gasteiger partial charge in [-0.05, 0) is 27.7 Å². The molecule has 1 aromatic rings. The van der Waals surface area contributed by atoms with Gasteiger partial charge in [0.15, 0.2) is 5.13 Å². The van der Waals surface area contributed by atoms with E-state index < -0.39 is 11.4 Å². The molecule has 0 aromatic carbocycles. The van der Waals surface area contributed by atoms with Crippen LogP contribution in [-0.4, -0.2) is 41.4 Å². The predicted molar refractivity (Wildman–Crippen MR) is 75.0 cm³/mol. The number of nitrogens with zero attached hydrogens (tertiary/aromatic N) is 2. The number of thiazole rings is 1. The summed E-state index contributed by atoms with van der Waals surface area (Å²) >= 11 is 1.50. The van der Waals surface area contributed by atoms with Crippen molar-refractivity contribution in [3.05, 3.63) is 11.1 Å². The van der Waals surface area contributed by atoms with Gasteiger partial charge in [-0.1, -0.05) is 0 Å². The molecule has 1 N–H and O–H groups in total. The van der Waals surface area contributed by atoms with Gasteiger partial charge in [0.25, 0.3) is 0 Å². The molecule has 1 aliphatic heterocycles. The first-order chi connectivity index (χ1) is 8.82. The summed E-state index contributed by atoms with van der Waals surface area (Å²) in [6.45, 7) is 8.96. The molecule has 2 atom stereocenters. The number of aromatic nitrogens is 1. The quantitative estimate of drug-likeness (QED) is 0.921. The van der Waals surface area contributed by atoms with Crippen molar-refractivity contribution in [3.63, 3.8) is 0 Å². The zero-order chi connectivity index (χ0) is 14.2. The number of carbonyl (C=O) groups is 1. The van der Waals surface area contributed by atoms with E-state index in [2.05, 4.69) is 16.8 Å². The normalized spacial score (nSPS) is 24.5.